The van der Waals surface area contributed by atoms with E-state index >= 15 is 0 Å². The zero-order valence-corrected chi connectivity index (χ0v) is 6.17. The van der Waals surface area contributed by atoms with Gasteiger partial charge in [-0.15, -0.1) is 0 Å². The molecule has 0 unspecified atom stereocenters. The van der Waals surface area contributed by atoms with Gasteiger partial charge >= 0.3 is 6.03 Å². The van der Waals surface area contributed by atoms with E-state index in [9.17, 15) is 9.59 Å². The lowest BCUT2D eigenvalue weighted by molar-refractivity contribution is -0.127. The Hall–Kier alpha value is -1.06. The molecular weight excluding hydrogens is 144 g/mol. The summed E-state index contributed by atoms with van der Waals surface area (Å²) in [6, 6.07) is -0.00954. The molecule has 1 saturated carbocycles. The minimum atomic E-state index is -0.209. The minimum absolute atomic E-state index is 0.0697. The van der Waals surface area contributed by atoms with E-state index in [1.54, 1.807) is 0 Å². The van der Waals surface area contributed by atoms with E-state index in [2.05, 4.69) is 5.32 Å². The fraction of sp³-hybridized carbons (Fsp3) is 0.714. The van der Waals surface area contributed by atoms with Crippen molar-refractivity contribution >= 4 is 11.9 Å². The summed E-state index contributed by atoms with van der Waals surface area (Å²) < 4.78 is 0. The number of hydrogen-bond donors (Lipinski definition) is 1. The van der Waals surface area contributed by atoms with Gasteiger partial charge in [-0.05, 0) is 19.3 Å². The van der Waals surface area contributed by atoms with Gasteiger partial charge in [0.05, 0.1) is 6.54 Å². The average Bonchev–Trinajstić information content (AvgIpc) is 2.15. The van der Waals surface area contributed by atoms with Gasteiger partial charge < -0.3 is 5.32 Å². The van der Waals surface area contributed by atoms with E-state index in [0.717, 1.165) is 19.3 Å². The second kappa shape index (κ2) is 2.22. The van der Waals surface area contributed by atoms with Crippen molar-refractivity contribution in [3.05, 3.63) is 0 Å². The van der Waals surface area contributed by atoms with Crippen LogP contribution in [0.25, 0.3) is 0 Å². The Morgan fingerprint density at radius 3 is 2.45 bits per heavy atom. The summed E-state index contributed by atoms with van der Waals surface area (Å²) in [5.74, 6) is -0.0697. The van der Waals surface area contributed by atoms with Gasteiger partial charge in [0, 0.05) is 6.04 Å². The summed E-state index contributed by atoms with van der Waals surface area (Å²) in [6.07, 6.45) is 3.11. The van der Waals surface area contributed by atoms with Crippen molar-refractivity contribution in [2.75, 3.05) is 6.54 Å². The number of imide groups is 1. The van der Waals surface area contributed by atoms with E-state index < -0.39 is 0 Å². The van der Waals surface area contributed by atoms with Crippen LogP contribution in [0.5, 0.6) is 0 Å². The van der Waals surface area contributed by atoms with Crippen molar-refractivity contribution in [3.8, 4) is 0 Å². The highest BCUT2D eigenvalue weighted by molar-refractivity contribution is 6.02. The molecule has 1 saturated heterocycles. The summed E-state index contributed by atoms with van der Waals surface area (Å²) in [6.45, 7) is 0.190. The molecule has 1 aliphatic carbocycles. The summed E-state index contributed by atoms with van der Waals surface area (Å²) in [4.78, 5) is 23.4. The second-order valence-electron chi connectivity index (χ2n) is 3.01. The van der Waals surface area contributed by atoms with Crippen LogP contribution < -0.4 is 5.32 Å². The highest BCUT2D eigenvalue weighted by atomic mass is 16.2. The number of rotatable bonds is 1. The minimum Gasteiger partial charge on any atom is -0.329 e. The maximum atomic E-state index is 11.1. The van der Waals surface area contributed by atoms with Crippen molar-refractivity contribution in [2.45, 2.75) is 25.3 Å². The van der Waals surface area contributed by atoms with Crippen molar-refractivity contribution in [3.63, 3.8) is 0 Å². The van der Waals surface area contributed by atoms with Gasteiger partial charge in [-0.3, -0.25) is 9.69 Å². The number of carbonyl (C=O) groups excluding carboxylic acids is 2. The molecule has 4 heteroatoms. The quantitative estimate of drug-likeness (QED) is 0.544. The van der Waals surface area contributed by atoms with Crippen LogP contribution in [0.4, 0.5) is 4.79 Å². The Bertz CT molecular complexity index is 194. The molecule has 0 aromatic carbocycles. The Balaban J connectivity index is 2.09. The molecule has 0 radical (unpaired) electrons. The molecule has 0 atom stereocenters. The molecule has 0 spiro atoms. The average molecular weight is 154 g/mol. The van der Waals surface area contributed by atoms with Gasteiger partial charge in [-0.1, -0.05) is 0 Å². The number of urea groups is 1. The van der Waals surface area contributed by atoms with E-state index in [1.165, 1.54) is 4.90 Å². The maximum Gasteiger partial charge on any atom is 0.324 e. The molecule has 4 nitrogen and oxygen atoms in total. The Morgan fingerprint density at radius 1 is 1.36 bits per heavy atom. The molecule has 0 aromatic heterocycles. The SMILES string of the molecule is O=C1CNC(=O)N1C1CCC1. The van der Waals surface area contributed by atoms with E-state index in [0.29, 0.717) is 0 Å². The number of hydrogen-bond acceptors (Lipinski definition) is 2. The molecule has 2 aliphatic rings. The number of carbonyl (C=O) groups is 2. The molecule has 0 aromatic rings. The van der Waals surface area contributed by atoms with Crippen LogP contribution in [0.15, 0.2) is 0 Å². The third kappa shape index (κ3) is 0.895. The van der Waals surface area contributed by atoms with Gasteiger partial charge in [0.15, 0.2) is 0 Å². The highest BCUT2D eigenvalue weighted by Crippen LogP contribution is 2.25. The summed E-state index contributed by atoms with van der Waals surface area (Å²) in [5, 5.41) is 2.51. The van der Waals surface area contributed by atoms with Crippen molar-refractivity contribution in [2.24, 2.45) is 0 Å². The van der Waals surface area contributed by atoms with Gasteiger partial charge in [0.25, 0.3) is 0 Å². The summed E-state index contributed by atoms with van der Waals surface area (Å²) >= 11 is 0. The third-order valence-corrected chi connectivity index (χ3v) is 2.32. The first-order valence-corrected chi connectivity index (χ1v) is 3.89. The van der Waals surface area contributed by atoms with Gasteiger partial charge in [-0.2, -0.15) is 0 Å². The van der Waals surface area contributed by atoms with E-state index in [4.69, 9.17) is 0 Å². The number of nitrogens with one attached hydrogen (secondary N) is 1. The lowest BCUT2D eigenvalue weighted by atomic mass is 9.92. The maximum absolute atomic E-state index is 11.1. The predicted molar refractivity (Wildman–Crippen MR) is 37.9 cm³/mol. The predicted octanol–water partition coefficient (Wildman–Crippen LogP) is 0.0907. The first-order valence-electron chi connectivity index (χ1n) is 3.89. The lowest BCUT2D eigenvalue weighted by Gasteiger charge is -2.31. The molecule has 1 N–H and O–H groups in total. The van der Waals surface area contributed by atoms with Crippen molar-refractivity contribution < 1.29 is 9.59 Å². The standard InChI is InChI=1S/C7H10N2O2/c10-6-4-8-7(11)9(6)5-2-1-3-5/h5H,1-4H2,(H,8,11). The molecule has 1 aliphatic heterocycles. The first kappa shape index (κ1) is 6.64. The van der Waals surface area contributed by atoms with Gasteiger partial charge in [0.2, 0.25) is 5.91 Å². The molecule has 1 heterocycles. The van der Waals surface area contributed by atoms with Gasteiger partial charge in [0.1, 0.15) is 0 Å². The molecule has 11 heavy (non-hydrogen) atoms. The molecule has 0 bridgehead atoms. The molecule has 60 valence electrons. The Labute approximate surface area is 64.5 Å². The summed E-state index contributed by atoms with van der Waals surface area (Å²) in [7, 11) is 0. The molecule has 2 fully saturated rings. The molecule has 2 rings (SSSR count). The van der Waals surface area contributed by atoms with Crippen LogP contribution in [0.2, 0.25) is 0 Å². The van der Waals surface area contributed by atoms with E-state index in [1.807, 2.05) is 0 Å². The number of nitrogens with zero attached hydrogens (tertiary/aromatic N) is 1. The fourth-order valence-electron chi connectivity index (χ4n) is 1.45. The van der Waals surface area contributed by atoms with Gasteiger partial charge in [-0.25, -0.2) is 4.79 Å². The smallest absolute Gasteiger partial charge is 0.324 e. The molecule has 3 amide bonds. The third-order valence-electron chi connectivity index (χ3n) is 2.32. The van der Waals surface area contributed by atoms with Crippen LogP contribution in [0.3, 0.4) is 0 Å². The fourth-order valence-corrected chi connectivity index (χ4v) is 1.45. The molecular formula is C7H10N2O2. The topological polar surface area (TPSA) is 49.4 Å². The van der Waals surface area contributed by atoms with Crippen LogP contribution in [0, 0.1) is 0 Å². The monoisotopic (exact) mass is 154 g/mol. The van der Waals surface area contributed by atoms with Crippen LogP contribution >= 0.6 is 0 Å². The Kier molecular flexibility index (Phi) is 1.34. The zero-order chi connectivity index (χ0) is 7.84. The Morgan fingerprint density at radius 2 is 2.09 bits per heavy atom. The zero-order valence-electron chi connectivity index (χ0n) is 6.17. The van der Waals surface area contributed by atoms with Crippen LogP contribution in [-0.4, -0.2) is 29.4 Å². The normalized spacial score (nSPS) is 25.3. The van der Waals surface area contributed by atoms with Crippen molar-refractivity contribution in [1.82, 2.24) is 10.2 Å². The summed E-state index contributed by atoms with van der Waals surface area (Å²) in [5.41, 5.74) is 0. The lowest BCUT2D eigenvalue weighted by Crippen LogP contribution is -2.44. The van der Waals surface area contributed by atoms with Crippen molar-refractivity contribution in [1.29, 1.82) is 0 Å². The van der Waals surface area contributed by atoms with E-state index in [-0.39, 0.29) is 24.5 Å². The highest BCUT2D eigenvalue weighted by Gasteiger charge is 2.37. The van der Waals surface area contributed by atoms with Crippen LogP contribution in [-0.2, 0) is 4.79 Å². The largest absolute Gasteiger partial charge is 0.329 e. The second-order valence-corrected chi connectivity index (χ2v) is 3.01. The number of amides is 3. The van der Waals surface area contributed by atoms with Crippen LogP contribution in [0.1, 0.15) is 19.3 Å². The first-order chi connectivity index (χ1) is 5.29.